The van der Waals surface area contributed by atoms with E-state index in [9.17, 15) is 14.7 Å². The maximum atomic E-state index is 13.2. The fraction of sp³-hybridized carbons (Fsp3) is 0.192. The number of amides is 1. The summed E-state index contributed by atoms with van der Waals surface area (Å²) in [6.07, 6.45) is 3.15. The van der Waals surface area contributed by atoms with E-state index in [1.54, 1.807) is 55.9 Å². The first-order valence-corrected chi connectivity index (χ1v) is 11.1. The summed E-state index contributed by atoms with van der Waals surface area (Å²) in [5.74, 6) is -0.829. The van der Waals surface area contributed by atoms with Gasteiger partial charge in [-0.15, -0.1) is 0 Å². The van der Waals surface area contributed by atoms with Gasteiger partial charge in [-0.1, -0.05) is 29.8 Å². The molecule has 1 aliphatic rings. The van der Waals surface area contributed by atoms with E-state index in [0.717, 1.165) is 5.56 Å². The van der Waals surface area contributed by atoms with Crippen LogP contribution in [0.2, 0.25) is 5.02 Å². The lowest BCUT2D eigenvalue weighted by molar-refractivity contribution is -0.140. The predicted octanol–water partition coefficient (Wildman–Crippen LogP) is 4.76. The van der Waals surface area contributed by atoms with Crippen LogP contribution < -0.4 is 9.47 Å². The molecule has 1 atom stereocenters. The largest absolute Gasteiger partial charge is 0.507 e. The molecule has 1 N–H and O–H groups in total. The molecule has 174 valence electrons. The molecule has 1 fully saturated rings. The maximum Gasteiger partial charge on any atom is 0.295 e. The van der Waals surface area contributed by atoms with Crippen LogP contribution in [-0.4, -0.2) is 40.4 Å². The molecule has 0 radical (unpaired) electrons. The number of aromatic nitrogens is 1. The van der Waals surface area contributed by atoms with Gasteiger partial charge in [0.05, 0.1) is 36.9 Å². The monoisotopic (exact) mass is 478 g/mol. The van der Waals surface area contributed by atoms with Gasteiger partial charge in [0.25, 0.3) is 11.7 Å². The second-order valence-corrected chi connectivity index (χ2v) is 8.00. The van der Waals surface area contributed by atoms with E-state index in [2.05, 4.69) is 4.98 Å². The lowest BCUT2D eigenvalue weighted by Gasteiger charge is -2.26. The van der Waals surface area contributed by atoms with Gasteiger partial charge in [-0.25, -0.2) is 0 Å². The van der Waals surface area contributed by atoms with Gasteiger partial charge in [-0.2, -0.15) is 0 Å². The van der Waals surface area contributed by atoms with E-state index in [1.807, 2.05) is 25.1 Å². The van der Waals surface area contributed by atoms with Crippen molar-refractivity contribution in [1.82, 2.24) is 9.88 Å². The molecule has 3 aromatic rings. The second-order valence-electron chi connectivity index (χ2n) is 7.60. The highest BCUT2D eigenvalue weighted by Crippen LogP contribution is 2.41. The highest BCUT2D eigenvalue weighted by atomic mass is 35.5. The molecule has 1 aliphatic heterocycles. The number of benzene rings is 2. The Morgan fingerprint density at radius 3 is 2.53 bits per heavy atom. The number of methoxy groups -OCH3 is 1. The van der Waals surface area contributed by atoms with Gasteiger partial charge in [0.2, 0.25) is 0 Å². The number of halogens is 1. The number of ketones is 1. The molecule has 4 rings (SSSR count). The van der Waals surface area contributed by atoms with Crippen molar-refractivity contribution in [3.8, 4) is 11.5 Å². The van der Waals surface area contributed by atoms with Crippen molar-refractivity contribution in [3.05, 3.63) is 94.3 Å². The van der Waals surface area contributed by atoms with Crippen LogP contribution in [0, 0.1) is 0 Å². The molecule has 34 heavy (non-hydrogen) atoms. The number of hydrogen-bond donors (Lipinski definition) is 1. The summed E-state index contributed by atoms with van der Waals surface area (Å²) in [7, 11) is 1.55. The first-order valence-electron chi connectivity index (χ1n) is 10.7. The normalized spacial score (nSPS) is 17.1. The number of hydrogen-bond acceptors (Lipinski definition) is 6. The Morgan fingerprint density at radius 1 is 1.09 bits per heavy atom. The maximum absolute atomic E-state index is 13.2. The van der Waals surface area contributed by atoms with E-state index in [1.165, 1.54) is 4.90 Å². The highest BCUT2D eigenvalue weighted by Gasteiger charge is 2.46. The number of nitrogens with zero attached hydrogens (tertiary/aromatic N) is 2. The Balaban J connectivity index is 1.85. The van der Waals surface area contributed by atoms with E-state index >= 15 is 0 Å². The second kappa shape index (κ2) is 9.97. The number of para-hydroxylation sites is 1. The Hall–Kier alpha value is -3.84. The van der Waals surface area contributed by atoms with Gasteiger partial charge >= 0.3 is 0 Å². The van der Waals surface area contributed by atoms with Crippen molar-refractivity contribution in [3.63, 3.8) is 0 Å². The Labute approximate surface area is 202 Å². The Kier molecular flexibility index (Phi) is 6.84. The van der Waals surface area contributed by atoms with Gasteiger partial charge in [-0.05, 0) is 48.9 Å². The van der Waals surface area contributed by atoms with Crippen LogP contribution in [0.15, 0.2) is 72.6 Å². The van der Waals surface area contributed by atoms with Crippen molar-refractivity contribution in [2.75, 3.05) is 13.7 Å². The summed E-state index contributed by atoms with van der Waals surface area (Å²) in [5.41, 5.74) is 1.68. The Bertz CT molecular complexity index is 1260. The smallest absolute Gasteiger partial charge is 0.295 e. The zero-order chi connectivity index (χ0) is 24.2. The molecule has 1 amide bonds. The molecular weight excluding hydrogens is 456 g/mol. The first kappa shape index (κ1) is 23.3. The third-order valence-electron chi connectivity index (χ3n) is 5.60. The molecule has 1 aromatic heterocycles. The number of ether oxygens (including phenoxy) is 2. The summed E-state index contributed by atoms with van der Waals surface area (Å²) in [6, 6.07) is 14.6. The molecule has 0 aliphatic carbocycles. The van der Waals surface area contributed by atoms with Gasteiger partial charge < -0.3 is 19.5 Å². The molecule has 0 saturated carbocycles. The summed E-state index contributed by atoms with van der Waals surface area (Å²) < 4.78 is 11.0. The van der Waals surface area contributed by atoms with Crippen LogP contribution >= 0.6 is 11.6 Å². The number of carbonyl (C=O) groups is 2. The van der Waals surface area contributed by atoms with E-state index in [0.29, 0.717) is 34.3 Å². The third-order valence-corrected chi connectivity index (χ3v) is 5.91. The number of rotatable bonds is 7. The first-order chi connectivity index (χ1) is 16.5. The van der Waals surface area contributed by atoms with Crippen molar-refractivity contribution >= 4 is 29.1 Å². The quantitative estimate of drug-likeness (QED) is 0.299. The molecule has 0 bridgehead atoms. The van der Waals surface area contributed by atoms with Crippen LogP contribution in [0.25, 0.3) is 5.76 Å². The zero-order valence-electron chi connectivity index (χ0n) is 18.7. The topological polar surface area (TPSA) is 89.0 Å². The molecule has 1 unspecified atom stereocenters. The van der Waals surface area contributed by atoms with Crippen molar-refractivity contribution in [1.29, 1.82) is 0 Å². The van der Waals surface area contributed by atoms with Gasteiger partial charge in [-0.3, -0.25) is 14.6 Å². The summed E-state index contributed by atoms with van der Waals surface area (Å²) in [4.78, 5) is 31.9. The van der Waals surface area contributed by atoms with Crippen molar-refractivity contribution < 1.29 is 24.2 Å². The number of pyridine rings is 1. The van der Waals surface area contributed by atoms with Crippen LogP contribution in [0.5, 0.6) is 11.5 Å². The molecular formula is C26H23ClN2O5. The van der Waals surface area contributed by atoms with Gasteiger partial charge in [0, 0.05) is 23.5 Å². The van der Waals surface area contributed by atoms with Crippen LogP contribution in [0.3, 0.4) is 0 Å². The molecule has 1 saturated heterocycles. The average molecular weight is 479 g/mol. The van der Waals surface area contributed by atoms with E-state index in [4.69, 9.17) is 21.1 Å². The minimum atomic E-state index is -0.820. The molecule has 7 nitrogen and oxygen atoms in total. The van der Waals surface area contributed by atoms with Gasteiger partial charge in [0.15, 0.2) is 0 Å². The van der Waals surface area contributed by atoms with Crippen LogP contribution in [-0.2, 0) is 16.1 Å². The van der Waals surface area contributed by atoms with E-state index < -0.39 is 17.7 Å². The fourth-order valence-corrected chi connectivity index (χ4v) is 4.20. The lowest BCUT2D eigenvalue weighted by atomic mass is 9.95. The number of aliphatic hydroxyl groups excluding tert-OH is 1. The third kappa shape index (κ3) is 4.34. The highest BCUT2D eigenvalue weighted by molar-refractivity contribution is 6.46. The van der Waals surface area contributed by atoms with Crippen LogP contribution in [0.1, 0.15) is 29.7 Å². The predicted molar refractivity (Wildman–Crippen MR) is 128 cm³/mol. The number of carbonyl (C=O) groups excluding carboxylic acids is 2. The van der Waals surface area contributed by atoms with E-state index in [-0.39, 0.29) is 17.9 Å². The van der Waals surface area contributed by atoms with Crippen molar-refractivity contribution in [2.24, 2.45) is 0 Å². The molecule has 2 heterocycles. The summed E-state index contributed by atoms with van der Waals surface area (Å²) in [5, 5.41) is 11.6. The number of likely N-dealkylation sites (tertiary alicyclic amines) is 1. The summed E-state index contributed by atoms with van der Waals surface area (Å²) >= 11 is 6.19. The molecule has 8 heteroatoms. The summed E-state index contributed by atoms with van der Waals surface area (Å²) in [6.45, 7) is 2.31. The SMILES string of the molecule is CCOc1cc(/C(O)=C2/C(=O)C(=O)N(Cc3ccccc3OC)C2c2ccncc2)ccc1Cl. The minimum absolute atomic E-state index is 0.0177. The van der Waals surface area contributed by atoms with Crippen molar-refractivity contribution in [2.45, 2.75) is 19.5 Å². The molecule has 0 spiro atoms. The average Bonchev–Trinajstić information content (AvgIpc) is 3.11. The van der Waals surface area contributed by atoms with Crippen LogP contribution in [0.4, 0.5) is 0 Å². The fourth-order valence-electron chi connectivity index (χ4n) is 4.02. The number of aliphatic hydroxyl groups is 1. The minimum Gasteiger partial charge on any atom is -0.507 e. The molecule has 2 aromatic carbocycles. The Morgan fingerprint density at radius 2 is 1.82 bits per heavy atom. The standard InChI is InChI=1S/C26H23ClN2O5/c1-3-34-21-14-17(8-9-19(21)27)24(30)22-23(16-10-12-28-13-11-16)29(26(32)25(22)31)15-18-6-4-5-7-20(18)33-2/h4-14,23,30H,3,15H2,1-2H3/b24-22-. The lowest BCUT2D eigenvalue weighted by Crippen LogP contribution is -2.29. The zero-order valence-corrected chi connectivity index (χ0v) is 19.5. The van der Waals surface area contributed by atoms with Gasteiger partial charge in [0.1, 0.15) is 17.3 Å². The number of Topliss-reactive ketones (excluding diaryl/α,β-unsaturated/α-hetero) is 1.